The minimum Gasteiger partial charge on any atom is -0.465 e. The normalized spacial score (nSPS) is 11.4. The van der Waals surface area contributed by atoms with Gasteiger partial charge in [0.05, 0.1) is 18.8 Å². The lowest BCUT2D eigenvalue weighted by Crippen LogP contribution is -2.36. The van der Waals surface area contributed by atoms with Crippen LogP contribution in [0, 0.1) is 5.92 Å². The summed E-state index contributed by atoms with van der Waals surface area (Å²) >= 11 is 0. The number of carbonyl (C=O) groups is 2. The van der Waals surface area contributed by atoms with Crippen LogP contribution in [-0.2, 0) is 19.1 Å². The van der Waals surface area contributed by atoms with Crippen molar-refractivity contribution >= 4 is 11.9 Å². The van der Waals surface area contributed by atoms with Crippen molar-refractivity contribution in [2.45, 2.75) is 52.6 Å². The van der Waals surface area contributed by atoms with E-state index in [1.54, 1.807) is 27.7 Å². The van der Waals surface area contributed by atoms with Crippen molar-refractivity contribution in [2.24, 2.45) is 0 Å². The molecule has 1 radical (unpaired) electrons. The van der Waals surface area contributed by atoms with E-state index in [1.165, 1.54) is 0 Å². The Labute approximate surface area is 108 Å². The molecule has 18 heavy (non-hydrogen) atoms. The van der Waals surface area contributed by atoms with Gasteiger partial charge in [0.1, 0.15) is 0 Å². The van der Waals surface area contributed by atoms with Crippen LogP contribution in [0.25, 0.3) is 0 Å². The highest BCUT2D eigenvalue weighted by Gasteiger charge is 2.38. The van der Waals surface area contributed by atoms with E-state index in [2.05, 4.69) is 0 Å². The molecule has 0 aliphatic rings. The van der Waals surface area contributed by atoms with Crippen molar-refractivity contribution in [1.82, 2.24) is 0 Å². The number of rotatable bonds is 8. The van der Waals surface area contributed by atoms with Gasteiger partial charge >= 0.3 is 11.9 Å². The van der Waals surface area contributed by atoms with E-state index in [0.29, 0.717) is 12.8 Å². The zero-order valence-electron chi connectivity index (χ0n) is 11.6. The molecule has 0 spiro atoms. The van der Waals surface area contributed by atoms with Gasteiger partial charge in [-0.05, 0) is 26.7 Å². The topological polar surface area (TPSA) is 72.8 Å². The van der Waals surface area contributed by atoms with Gasteiger partial charge in [0, 0.05) is 6.42 Å². The molecule has 0 aromatic carbocycles. The Morgan fingerprint density at radius 1 is 0.944 bits per heavy atom. The fourth-order valence-electron chi connectivity index (χ4n) is 1.49. The van der Waals surface area contributed by atoms with Gasteiger partial charge in [-0.3, -0.25) is 9.59 Å². The van der Waals surface area contributed by atoms with Crippen molar-refractivity contribution in [2.75, 3.05) is 13.2 Å². The van der Waals surface area contributed by atoms with Crippen molar-refractivity contribution in [3.63, 3.8) is 0 Å². The highest BCUT2D eigenvalue weighted by atomic mass is 16.6. The summed E-state index contributed by atoms with van der Waals surface area (Å²) in [5, 5.41) is 10.2. The minimum absolute atomic E-state index is 0.0440. The zero-order valence-corrected chi connectivity index (χ0v) is 11.6. The fraction of sp³-hybridized carbons (Fsp3) is 0.769. The van der Waals surface area contributed by atoms with Crippen molar-refractivity contribution in [1.29, 1.82) is 0 Å². The van der Waals surface area contributed by atoms with E-state index in [4.69, 9.17) is 9.47 Å². The van der Waals surface area contributed by atoms with Gasteiger partial charge in [-0.2, -0.15) is 0 Å². The van der Waals surface area contributed by atoms with Gasteiger partial charge in [0.15, 0.2) is 5.92 Å². The third kappa shape index (κ3) is 5.04. The van der Waals surface area contributed by atoms with Gasteiger partial charge in [-0.15, -0.1) is 0 Å². The smallest absolute Gasteiger partial charge is 0.325 e. The van der Waals surface area contributed by atoms with Crippen molar-refractivity contribution < 1.29 is 24.2 Å². The van der Waals surface area contributed by atoms with Crippen LogP contribution in [0.2, 0.25) is 0 Å². The van der Waals surface area contributed by atoms with E-state index in [-0.39, 0.29) is 25.6 Å². The van der Waals surface area contributed by atoms with E-state index >= 15 is 0 Å². The molecule has 0 amide bonds. The lowest BCUT2D eigenvalue weighted by Gasteiger charge is -2.27. The minimum atomic E-state index is -1.07. The molecule has 0 aromatic heterocycles. The standard InChI is InChI=1S/C13H23O5/c1-5-13(16,6-2)9-10(11(14)17-7-3)12(15)18-8-4/h16H,5-9H2,1-4H3. The monoisotopic (exact) mass is 259 g/mol. The quantitative estimate of drug-likeness (QED) is 0.530. The molecule has 0 saturated carbocycles. The molecule has 0 rings (SSSR count). The maximum atomic E-state index is 11.7. The number of hydrogen-bond acceptors (Lipinski definition) is 5. The van der Waals surface area contributed by atoms with E-state index in [9.17, 15) is 14.7 Å². The van der Waals surface area contributed by atoms with E-state index in [0.717, 1.165) is 0 Å². The summed E-state index contributed by atoms with van der Waals surface area (Å²) in [7, 11) is 0. The highest BCUT2D eigenvalue weighted by Crippen LogP contribution is 2.27. The molecule has 1 N–H and O–H groups in total. The van der Waals surface area contributed by atoms with Gasteiger partial charge in [-0.1, -0.05) is 13.8 Å². The van der Waals surface area contributed by atoms with Crippen LogP contribution in [0.5, 0.6) is 0 Å². The third-order valence-corrected chi connectivity index (χ3v) is 2.87. The molecule has 0 fully saturated rings. The number of ether oxygens (including phenoxy) is 2. The van der Waals surface area contributed by atoms with Crippen LogP contribution < -0.4 is 0 Å². The molecule has 0 aliphatic carbocycles. The summed E-state index contributed by atoms with van der Waals surface area (Å²) in [5.41, 5.74) is -1.07. The summed E-state index contributed by atoms with van der Waals surface area (Å²) in [6.07, 6.45) is 0.856. The highest BCUT2D eigenvalue weighted by molar-refractivity contribution is 6.09. The van der Waals surface area contributed by atoms with E-state index < -0.39 is 17.5 Å². The number of hydrogen-bond donors (Lipinski definition) is 1. The Bertz CT molecular complexity index is 253. The lowest BCUT2D eigenvalue weighted by molar-refractivity contribution is -0.152. The van der Waals surface area contributed by atoms with Crippen molar-refractivity contribution in [3.8, 4) is 0 Å². The summed E-state index contributed by atoms with van der Waals surface area (Å²) in [4.78, 5) is 23.4. The molecule has 0 atom stereocenters. The molecular formula is C13H23O5. The second kappa shape index (κ2) is 8.08. The fourth-order valence-corrected chi connectivity index (χ4v) is 1.49. The molecule has 0 aromatic rings. The van der Waals surface area contributed by atoms with Crippen LogP contribution in [0.15, 0.2) is 0 Å². The van der Waals surface area contributed by atoms with E-state index in [1.807, 2.05) is 0 Å². The van der Waals surface area contributed by atoms with Gasteiger partial charge in [-0.25, -0.2) is 0 Å². The molecular weight excluding hydrogens is 236 g/mol. The predicted molar refractivity (Wildman–Crippen MR) is 66.7 cm³/mol. The Morgan fingerprint density at radius 3 is 1.61 bits per heavy atom. The summed E-state index contributed by atoms with van der Waals surface area (Å²) in [6, 6.07) is 0. The first-order chi connectivity index (χ1) is 8.44. The van der Waals surface area contributed by atoms with Crippen LogP contribution in [-0.4, -0.2) is 35.9 Å². The Morgan fingerprint density at radius 2 is 1.33 bits per heavy atom. The summed E-state index contributed by atoms with van der Waals surface area (Å²) in [5.74, 6) is -1.54. The predicted octanol–water partition coefficient (Wildman–Crippen LogP) is 1.63. The second-order valence-electron chi connectivity index (χ2n) is 4.03. The zero-order chi connectivity index (χ0) is 14.2. The van der Waals surface area contributed by atoms with Gasteiger partial charge < -0.3 is 14.6 Å². The Kier molecular flexibility index (Phi) is 7.59. The molecule has 0 unspecified atom stereocenters. The molecule has 0 bridgehead atoms. The number of carbonyl (C=O) groups excluding carboxylic acids is 2. The Balaban J connectivity index is 4.86. The SMILES string of the molecule is CCOC(=O)[C](CC(O)(CC)CC)C(=O)OCC. The number of aliphatic hydroxyl groups is 1. The third-order valence-electron chi connectivity index (χ3n) is 2.87. The molecule has 0 aliphatic heterocycles. The molecule has 5 heteroatoms. The van der Waals surface area contributed by atoms with Crippen LogP contribution in [0.4, 0.5) is 0 Å². The molecule has 0 heterocycles. The van der Waals surface area contributed by atoms with Crippen molar-refractivity contribution in [3.05, 3.63) is 5.92 Å². The van der Waals surface area contributed by atoms with Gasteiger partial charge in [0.2, 0.25) is 0 Å². The first kappa shape index (κ1) is 16.9. The number of esters is 2. The average Bonchev–Trinajstić information content (AvgIpc) is 2.36. The molecule has 5 nitrogen and oxygen atoms in total. The first-order valence-corrected chi connectivity index (χ1v) is 6.36. The molecule has 105 valence electrons. The van der Waals surface area contributed by atoms with Crippen LogP contribution >= 0.6 is 0 Å². The maximum absolute atomic E-state index is 11.7. The van der Waals surface area contributed by atoms with Gasteiger partial charge in [0.25, 0.3) is 0 Å². The Hall–Kier alpha value is -1.10. The second-order valence-corrected chi connectivity index (χ2v) is 4.03. The first-order valence-electron chi connectivity index (χ1n) is 6.36. The average molecular weight is 259 g/mol. The maximum Gasteiger partial charge on any atom is 0.325 e. The molecule has 0 saturated heterocycles. The summed E-state index contributed by atoms with van der Waals surface area (Å²) < 4.78 is 9.64. The van der Waals surface area contributed by atoms with Crippen LogP contribution in [0.1, 0.15) is 47.0 Å². The van der Waals surface area contributed by atoms with Crippen LogP contribution in [0.3, 0.4) is 0 Å². The largest absolute Gasteiger partial charge is 0.465 e. The lowest BCUT2D eigenvalue weighted by atomic mass is 9.86. The summed E-state index contributed by atoms with van der Waals surface area (Å²) in [6.45, 7) is 7.28.